The van der Waals surface area contributed by atoms with Crippen molar-refractivity contribution < 1.29 is 4.74 Å². The molecule has 1 atom stereocenters. The molecular formula is C15H20N4OS. The van der Waals surface area contributed by atoms with E-state index in [1.807, 2.05) is 30.3 Å². The minimum absolute atomic E-state index is 0.449. The number of methoxy groups -OCH3 is 1. The first-order valence-electron chi connectivity index (χ1n) is 6.95. The minimum atomic E-state index is 0.449. The van der Waals surface area contributed by atoms with E-state index in [0.717, 1.165) is 35.9 Å². The fraction of sp³-hybridized carbons (Fsp3) is 0.400. The summed E-state index contributed by atoms with van der Waals surface area (Å²) < 4.78 is 7.10. The molecule has 0 unspecified atom stereocenters. The zero-order chi connectivity index (χ0) is 15.1. The van der Waals surface area contributed by atoms with Crippen molar-refractivity contribution in [1.82, 2.24) is 20.2 Å². The van der Waals surface area contributed by atoms with E-state index >= 15 is 0 Å². The minimum Gasteiger partial charge on any atom is -0.494 e. The number of ether oxygens (including phenoxy) is 1. The average molecular weight is 304 g/mol. The highest BCUT2D eigenvalue weighted by Crippen LogP contribution is 2.29. The molecule has 0 N–H and O–H groups in total. The summed E-state index contributed by atoms with van der Waals surface area (Å²) in [6, 6.07) is 7.72. The summed E-state index contributed by atoms with van der Waals surface area (Å²) >= 11 is 1.68. The van der Waals surface area contributed by atoms with Crippen molar-refractivity contribution in [3.05, 3.63) is 36.9 Å². The van der Waals surface area contributed by atoms with Crippen LogP contribution in [0.4, 0.5) is 0 Å². The van der Waals surface area contributed by atoms with Crippen LogP contribution in [0.2, 0.25) is 0 Å². The molecule has 2 rings (SSSR count). The lowest BCUT2D eigenvalue weighted by Gasteiger charge is -2.12. The molecule has 0 saturated heterocycles. The summed E-state index contributed by atoms with van der Waals surface area (Å²) in [5.74, 6) is 0.756. The van der Waals surface area contributed by atoms with Gasteiger partial charge in [0.1, 0.15) is 11.4 Å². The molecule has 0 radical (unpaired) electrons. The predicted molar refractivity (Wildman–Crippen MR) is 85.1 cm³/mol. The highest BCUT2D eigenvalue weighted by Gasteiger charge is 2.15. The zero-order valence-electron chi connectivity index (χ0n) is 12.4. The van der Waals surface area contributed by atoms with E-state index in [-0.39, 0.29) is 0 Å². The van der Waals surface area contributed by atoms with Gasteiger partial charge in [0.2, 0.25) is 5.16 Å². The van der Waals surface area contributed by atoms with Gasteiger partial charge in [-0.2, -0.15) is 4.68 Å². The van der Waals surface area contributed by atoms with Gasteiger partial charge in [0.15, 0.2) is 0 Å². The molecule has 0 aliphatic rings. The van der Waals surface area contributed by atoms with Crippen LogP contribution in [0.25, 0.3) is 5.69 Å². The van der Waals surface area contributed by atoms with E-state index < -0.39 is 0 Å². The van der Waals surface area contributed by atoms with Crippen molar-refractivity contribution in [1.29, 1.82) is 0 Å². The molecule has 0 bridgehead atoms. The molecule has 2 aromatic rings. The lowest BCUT2D eigenvalue weighted by Crippen LogP contribution is -2.04. The highest BCUT2D eigenvalue weighted by atomic mass is 32.2. The van der Waals surface area contributed by atoms with Gasteiger partial charge in [-0.3, -0.25) is 0 Å². The summed E-state index contributed by atoms with van der Waals surface area (Å²) in [5.41, 5.74) is 0.853. The van der Waals surface area contributed by atoms with E-state index in [2.05, 4.69) is 29.0 Å². The standard InChI is InChI=1S/C15H20N4OS/c1-4-5-6-9-12(2)21-15-16-17-18-19(15)13-10-7-8-11-14(13)20-3/h4,7-8,10-12H,1,5-6,9H2,2-3H3/t12-/m0/s1. The topological polar surface area (TPSA) is 52.8 Å². The Morgan fingerprint density at radius 2 is 2.24 bits per heavy atom. The van der Waals surface area contributed by atoms with Gasteiger partial charge in [0.25, 0.3) is 0 Å². The molecule has 0 fully saturated rings. The number of para-hydroxylation sites is 2. The molecule has 0 aliphatic carbocycles. The third kappa shape index (κ3) is 4.07. The van der Waals surface area contributed by atoms with E-state index in [1.54, 1.807) is 23.6 Å². The number of hydrogen-bond donors (Lipinski definition) is 0. The van der Waals surface area contributed by atoms with Crippen LogP contribution < -0.4 is 4.74 Å². The van der Waals surface area contributed by atoms with Crippen LogP contribution in [0.3, 0.4) is 0 Å². The van der Waals surface area contributed by atoms with Gasteiger partial charge in [0, 0.05) is 5.25 Å². The van der Waals surface area contributed by atoms with Gasteiger partial charge in [-0.15, -0.1) is 11.7 Å². The van der Waals surface area contributed by atoms with Crippen LogP contribution in [0.1, 0.15) is 26.2 Å². The molecule has 0 amide bonds. The van der Waals surface area contributed by atoms with Gasteiger partial charge in [-0.25, -0.2) is 0 Å². The summed E-state index contributed by atoms with van der Waals surface area (Å²) in [7, 11) is 1.65. The smallest absolute Gasteiger partial charge is 0.214 e. The van der Waals surface area contributed by atoms with Gasteiger partial charge in [-0.1, -0.05) is 36.9 Å². The molecule has 0 aliphatic heterocycles. The first-order valence-corrected chi connectivity index (χ1v) is 7.83. The fourth-order valence-electron chi connectivity index (χ4n) is 2.00. The third-order valence-electron chi connectivity index (χ3n) is 3.08. The predicted octanol–water partition coefficient (Wildman–Crippen LogP) is 3.51. The molecule has 112 valence electrons. The maximum atomic E-state index is 5.37. The summed E-state index contributed by atoms with van der Waals surface area (Å²) in [6.07, 6.45) is 5.24. The maximum absolute atomic E-state index is 5.37. The van der Waals surface area contributed by atoms with E-state index in [0.29, 0.717) is 5.25 Å². The molecule has 1 aromatic carbocycles. The normalized spacial score (nSPS) is 12.1. The first-order chi connectivity index (χ1) is 10.3. The molecule has 21 heavy (non-hydrogen) atoms. The van der Waals surface area contributed by atoms with Crippen molar-refractivity contribution in [2.45, 2.75) is 36.6 Å². The molecule has 0 spiro atoms. The van der Waals surface area contributed by atoms with Gasteiger partial charge in [0.05, 0.1) is 7.11 Å². The number of hydrogen-bond acceptors (Lipinski definition) is 5. The molecule has 1 heterocycles. The highest BCUT2D eigenvalue weighted by molar-refractivity contribution is 7.99. The van der Waals surface area contributed by atoms with E-state index in [9.17, 15) is 0 Å². The largest absolute Gasteiger partial charge is 0.494 e. The Bertz CT molecular complexity index is 585. The molecule has 0 saturated carbocycles. The maximum Gasteiger partial charge on any atom is 0.214 e. The number of nitrogens with zero attached hydrogens (tertiary/aromatic N) is 4. The molecule has 5 nitrogen and oxygen atoms in total. The number of aromatic nitrogens is 4. The lowest BCUT2D eigenvalue weighted by molar-refractivity contribution is 0.410. The van der Waals surface area contributed by atoms with Crippen molar-refractivity contribution in [2.75, 3.05) is 7.11 Å². The van der Waals surface area contributed by atoms with Crippen LogP contribution in [0.5, 0.6) is 5.75 Å². The van der Waals surface area contributed by atoms with Crippen LogP contribution in [-0.2, 0) is 0 Å². The van der Waals surface area contributed by atoms with Crippen LogP contribution >= 0.6 is 11.8 Å². The summed E-state index contributed by atoms with van der Waals surface area (Å²) in [6.45, 7) is 5.94. The monoisotopic (exact) mass is 304 g/mol. The van der Waals surface area contributed by atoms with Crippen LogP contribution in [0.15, 0.2) is 42.1 Å². The Hall–Kier alpha value is -1.82. The second kappa shape index (κ2) is 7.83. The van der Waals surface area contributed by atoms with Crippen molar-refractivity contribution in [3.63, 3.8) is 0 Å². The molecule has 6 heteroatoms. The van der Waals surface area contributed by atoms with Crippen LogP contribution in [-0.4, -0.2) is 32.6 Å². The SMILES string of the molecule is C=CCCC[C@H](C)Sc1nnnn1-c1ccccc1OC. The van der Waals surface area contributed by atoms with Gasteiger partial charge in [-0.05, 0) is 41.8 Å². The Morgan fingerprint density at radius 3 is 3.00 bits per heavy atom. The molecular weight excluding hydrogens is 284 g/mol. The Kier molecular flexibility index (Phi) is 5.80. The summed E-state index contributed by atoms with van der Waals surface area (Å²) in [5, 5.41) is 13.2. The number of allylic oxidation sites excluding steroid dienone is 1. The molecule has 1 aromatic heterocycles. The quantitative estimate of drug-likeness (QED) is 0.424. The number of tetrazole rings is 1. The fourth-order valence-corrected chi connectivity index (χ4v) is 2.96. The van der Waals surface area contributed by atoms with Crippen molar-refractivity contribution in [3.8, 4) is 11.4 Å². The summed E-state index contributed by atoms with van der Waals surface area (Å²) in [4.78, 5) is 0. The Labute approximate surface area is 129 Å². The van der Waals surface area contributed by atoms with Crippen molar-refractivity contribution in [2.24, 2.45) is 0 Å². The van der Waals surface area contributed by atoms with Crippen molar-refractivity contribution >= 4 is 11.8 Å². The van der Waals surface area contributed by atoms with Gasteiger partial charge >= 0.3 is 0 Å². The average Bonchev–Trinajstić information content (AvgIpc) is 2.95. The first kappa shape index (κ1) is 15.6. The lowest BCUT2D eigenvalue weighted by atomic mass is 10.2. The van der Waals surface area contributed by atoms with E-state index in [1.165, 1.54) is 0 Å². The second-order valence-corrected chi connectivity index (χ2v) is 6.10. The number of benzene rings is 1. The number of unbranched alkanes of at least 4 members (excludes halogenated alkanes) is 1. The number of thioether (sulfide) groups is 1. The van der Waals surface area contributed by atoms with Crippen LogP contribution in [0, 0.1) is 0 Å². The van der Waals surface area contributed by atoms with Gasteiger partial charge < -0.3 is 4.74 Å². The Morgan fingerprint density at radius 1 is 1.43 bits per heavy atom. The Balaban J connectivity index is 2.13. The number of rotatable bonds is 8. The zero-order valence-corrected chi connectivity index (χ0v) is 13.2. The second-order valence-electron chi connectivity index (χ2n) is 4.69. The van der Waals surface area contributed by atoms with E-state index in [4.69, 9.17) is 4.74 Å². The third-order valence-corrected chi connectivity index (χ3v) is 4.18.